The molecular formula is C21H21NO2. The third-order valence-electron chi connectivity index (χ3n) is 4.94. The van der Waals surface area contributed by atoms with Crippen LogP contribution < -0.4 is 5.32 Å². The van der Waals surface area contributed by atoms with Crippen molar-refractivity contribution < 1.29 is 10.2 Å². The van der Waals surface area contributed by atoms with Gasteiger partial charge in [-0.25, -0.2) is 0 Å². The molecule has 1 aliphatic rings. The first-order chi connectivity index (χ1) is 11.6. The Kier molecular flexibility index (Phi) is 3.75. The molecule has 0 radical (unpaired) electrons. The number of hydrogen-bond acceptors (Lipinski definition) is 3. The van der Waals surface area contributed by atoms with Gasteiger partial charge in [-0.05, 0) is 65.0 Å². The molecule has 0 spiro atoms. The zero-order valence-electron chi connectivity index (χ0n) is 13.5. The van der Waals surface area contributed by atoms with Crippen molar-refractivity contribution in [2.24, 2.45) is 0 Å². The molecule has 3 N–H and O–H groups in total. The average molecular weight is 319 g/mol. The highest BCUT2D eigenvalue weighted by molar-refractivity contribution is 5.88. The molecule has 3 nitrogen and oxygen atoms in total. The largest absolute Gasteiger partial charge is 0.508 e. The molecule has 3 heteroatoms. The van der Waals surface area contributed by atoms with E-state index in [1.807, 2.05) is 18.2 Å². The standard InChI is InChI=1S/C21H21NO2/c23-20-9-6-16-2-3-17(12-18(16)13-20)15-4-7-19(8-5-15)21(24)10-1-11-22-14-21/h2-9,12-13,22-24H,1,10-11,14H2. The number of phenolic OH excluding ortho intramolecular Hbond substituents is 1. The number of fused-ring (bicyclic) bond motifs is 1. The topological polar surface area (TPSA) is 52.5 Å². The normalized spacial score (nSPS) is 21.0. The SMILES string of the molecule is Oc1ccc2ccc(-c3ccc(C4(O)CCCNC4)cc3)cc2c1. The van der Waals surface area contributed by atoms with Gasteiger partial charge in [0.2, 0.25) is 0 Å². The number of aliphatic hydroxyl groups is 1. The van der Waals surface area contributed by atoms with Crippen LogP contribution in [-0.2, 0) is 5.60 Å². The van der Waals surface area contributed by atoms with Crippen LogP contribution in [0.1, 0.15) is 18.4 Å². The first kappa shape index (κ1) is 15.2. The number of aromatic hydroxyl groups is 1. The van der Waals surface area contributed by atoms with Gasteiger partial charge in [-0.3, -0.25) is 0 Å². The van der Waals surface area contributed by atoms with Crippen molar-refractivity contribution in [3.05, 3.63) is 66.2 Å². The summed E-state index contributed by atoms with van der Waals surface area (Å²) in [7, 11) is 0. The van der Waals surface area contributed by atoms with E-state index in [0.29, 0.717) is 6.54 Å². The number of phenols is 1. The fourth-order valence-electron chi connectivity index (χ4n) is 3.52. The van der Waals surface area contributed by atoms with Gasteiger partial charge in [0.25, 0.3) is 0 Å². The number of β-amino-alcohol motifs (C(OH)–C–C–N with tert-alkyl or cyclic N) is 1. The van der Waals surface area contributed by atoms with E-state index < -0.39 is 5.60 Å². The van der Waals surface area contributed by atoms with E-state index in [2.05, 4.69) is 35.6 Å². The molecule has 0 bridgehead atoms. The second-order valence-corrected chi connectivity index (χ2v) is 6.64. The van der Waals surface area contributed by atoms with Gasteiger partial charge in [0.05, 0.1) is 0 Å². The molecule has 0 aromatic heterocycles. The zero-order valence-corrected chi connectivity index (χ0v) is 13.5. The van der Waals surface area contributed by atoms with Crippen molar-refractivity contribution in [2.45, 2.75) is 18.4 Å². The fourth-order valence-corrected chi connectivity index (χ4v) is 3.52. The Labute approximate surface area is 141 Å². The van der Waals surface area contributed by atoms with Crippen molar-refractivity contribution in [1.82, 2.24) is 5.32 Å². The lowest BCUT2D eigenvalue weighted by atomic mass is 9.86. The molecule has 1 fully saturated rings. The summed E-state index contributed by atoms with van der Waals surface area (Å²) < 4.78 is 0. The van der Waals surface area contributed by atoms with E-state index in [0.717, 1.165) is 46.8 Å². The Morgan fingerprint density at radius 2 is 1.58 bits per heavy atom. The summed E-state index contributed by atoms with van der Waals surface area (Å²) in [5, 5.41) is 25.9. The summed E-state index contributed by atoms with van der Waals surface area (Å²) >= 11 is 0. The number of hydrogen-bond donors (Lipinski definition) is 3. The second kappa shape index (κ2) is 5.93. The summed E-state index contributed by atoms with van der Waals surface area (Å²) in [6.45, 7) is 1.59. The van der Waals surface area contributed by atoms with Crippen molar-refractivity contribution in [3.8, 4) is 16.9 Å². The Morgan fingerprint density at radius 1 is 0.833 bits per heavy atom. The number of rotatable bonds is 2. The van der Waals surface area contributed by atoms with Crippen LogP contribution in [0, 0.1) is 0 Å². The fraction of sp³-hybridized carbons (Fsp3) is 0.238. The zero-order chi connectivity index (χ0) is 16.6. The van der Waals surface area contributed by atoms with E-state index in [9.17, 15) is 10.2 Å². The summed E-state index contributed by atoms with van der Waals surface area (Å²) in [4.78, 5) is 0. The molecule has 1 heterocycles. The van der Waals surface area contributed by atoms with E-state index in [-0.39, 0.29) is 5.75 Å². The van der Waals surface area contributed by atoms with Crippen LogP contribution >= 0.6 is 0 Å². The Morgan fingerprint density at radius 3 is 2.33 bits per heavy atom. The van der Waals surface area contributed by atoms with Crippen LogP contribution in [0.5, 0.6) is 5.75 Å². The van der Waals surface area contributed by atoms with Crippen LogP contribution in [0.4, 0.5) is 0 Å². The predicted molar refractivity (Wildman–Crippen MR) is 97.0 cm³/mol. The maximum absolute atomic E-state index is 10.8. The van der Waals surface area contributed by atoms with Gasteiger partial charge in [0.15, 0.2) is 0 Å². The monoisotopic (exact) mass is 319 g/mol. The molecule has 4 rings (SSSR count). The highest BCUT2D eigenvalue weighted by Crippen LogP contribution is 2.31. The van der Waals surface area contributed by atoms with E-state index in [1.165, 1.54) is 0 Å². The lowest BCUT2D eigenvalue weighted by Gasteiger charge is -2.33. The highest BCUT2D eigenvalue weighted by atomic mass is 16.3. The minimum absolute atomic E-state index is 0.280. The van der Waals surface area contributed by atoms with Gasteiger partial charge in [0.1, 0.15) is 11.4 Å². The minimum atomic E-state index is -0.758. The van der Waals surface area contributed by atoms with Gasteiger partial charge >= 0.3 is 0 Å². The van der Waals surface area contributed by atoms with Gasteiger partial charge in [0, 0.05) is 6.54 Å². The molecule has 122 valence electrons. The van der Waals surface area contributed by atoms with Crippen molar-refractivity contribution in [3.63, 3.8) is 0 Å². The maximum atomic E-state index is 10.8. The first-order valence-corrected chi connectivity index (χ1v) is 8.41. The molecule has 1 aliphatic heterocycles. The summed E-state index contributed by atoms with van der Waals surface area (Å²) in [6, 6.07) is 19.8. The molecule has 1 atom stereocenters. The number of benzene rings is 3. The van der Waals surface area contributed by atoms with Crippen molar-refractivity contribution in [2.75, 3.05) is 13.1 Å². The number of piperidine rings is 1. The second-order valence-electron chi connectivity index (χ2n) is 6.64. The molecule has 1 unspecified atom stereocenters. The number of nitrogens with one attached hydrogen (secondary N) is 1. The van der Waals surface area contributed by atoms with E-state index >= 15 is 0 Å². The summed E-state index contributed by atoms with van der Waals surface area (Å²) in [5.74, 6) is 0.280. The molecule has 3 aromatic rings. The van der Waals surface area contributed by atoms with Crippen LogP contribution in [0.2, 0.25) is 0 Å². The third kappa shape index (κ3) is 2.77. The maximum Gasteiger partial charge on any atom is 0.116 e. The Hall–Kier alpha value is -2.36. The highest BCUT2D eigenvalue weighted by Gasteiger charge is 2.30. The molecule has 0 amide bonds. The van der Waals surface area contributed by atoms with Crippen molar-refractivity contribution in [1.29, 1.82) is 0 Å². The molecule has 3 aromatic carbocycles. The van der Waals surface area contributed by atoms with Crippen LogP contribution in [0.25, 0.3) is 21.9 Å². The van der Waals surface area contributed by atoms with E-state index in [1.54, 1.807) is 12.1 Å². The van der Waals surface area contributed by atoms with Crippen LogP contribution in [0.3, 0.4) is 0 Å². The van der Waals surface area contributed by atoms with Crippen LogP contribution in [-0.4, -0.2) is 23.3 Å². The summed E-state index contributed by atoms with van der Waals surface area (Å²) in [5.41, 5.74) is 2.42. The minimum Gasteiger partial charge on any atom is -0.508 e. The average Bonchev–Trinajstić information content (AvgIpc) is 2.62. The predicted octanol–water partition coefficient (Wildman–Crippen LogP) is 3.78. The first-order valence-electron chi connectivity index (χ1n) is 8.41. The van der Waals surface area contributed by atoms with Gasteiger partial charge < -0.3 is 15.5 Å². The molecular weight excluding hydrogens is 298 g/mol. The van der Waals surface area contributed by atoms with Crippen LogP contribution in [0.15, 0.2) is 60.7 Å². The Bertz CT molecular complexity index is 865. The molecule has 24 heavy (non-hydrogen) atoms. The summed E-state index contributed by atoms with van der Waals surface area (Å²) in [6.07, 6.45) is 1.79. The van der Waals surface area contributed by atoms with Gasteiger partial charge in [-0.2, -0.15) is 0 Å². The molecule has 1 saturated heterocycles. The lowest BCUT2D eigenvalue weighted by molar-refractivity contribution is 0.0123. The van der Waals surface area contributed by atoms with Gasteiger partial charge in [-0.1, -0.05) is 42.5 Å². The Balaban J connectivity index is 1.67. The molecule has 0 saturated carbocycles. The van der Waals surface area contributed by atoms with E-state index in [4.69, 9.17) is 0 Å². The van der Waals surface area contributed by atoms with Gasteiger partial charge in [-0.15, -0.1) is 0 Å². The molecule has 0 aliphatic carbocycles. The smallest absolute Gasteiger partial charge is 0.116 e. The van der Waals surface area contributed by atoms with Crippen molar-refractivity contribution >= 4 is 10.8 Å². The third-order valence-corrected chi connectivity index (χ3v) is 4.94. The lowest BCUT2D eigenvalue weighted by Crippen LogP contribution is -2.43. The quantitative estimate of drug-likeness (QED) is 0.674.